The van der Waals surface area contributed by atoms with Gasteiger partial charge in [0.25, 0.3) is 0 Å². The van der Waals surface area contributed by atoms with Gasteiger partial charge in [-0.15, -0.1) is 0 Å². The Hall–Kier alpha value is -1.46. The lowest BCUT2D eigenvalue weighted by Crippen LogP contribution is -2.52. The van der Waals surface area contributed by atoms with Crippen LogP contribution in [0.15, 0.2) is 23.1 Å². The lowest BCUT2D eigenvalue weighted by atomic mass is 9.99. The van der Waals surface area contributed by atoms with Gasteiger partial charge in [0.15, 0.2) is 0 Å². The van der Waals surface area contributed by atoms with Crippen LogP contribution in [0.1, 0.15) is 24.0 Å². The van der Waals surface area contributed by atoms with Gasteiger partial charge in [-0.25, -0.2) is 13.1 Å². The molecular formula is C15H21N3O3S. The van der Waals surface area contributed by atoms with Crippen LogP contribution in [0, 0.1) is 18.3 Å². The summed E-state index contributed by atoms with van der Waals surface area (Å²) in [6.07, 6.45) is 1.87. The van der Waals surface area contributed by atoms with Gasteiger partial charge in [0.1, 0.15) is 0 Å². The molecule has 0 spiro atoms. The summed E-state index contributed by atoms with van der Waals surface area (Å²) in [5.41, 5.74) is 0.666. The van der Waals surface area contributed by atoms with Gasteiger partial charge < -0.3 is 10.1 Å². The van der Waals surface area contributed by atoms with E-state index in [1.807, 2.05) is 6.07 Å². The molecule has 0 bridgehead atoms. The van der Waals surface area contributed by atoms with Crippen LogP contribution in [-0.2, 0) is 14.8 Å². The van der Waals surface area contributed by atoms with E-state index in [1.54, 1.807) is 20.1 Å². The molecule has 1 fully saturated rings. The Labute approximate surface area is 131 Å². The number of aryl methyl sites for hydroxylation is 1. The third-order valence-electron chi connectivity index (χ3n) is 3.95. The second kappa shape index (κ2) is 6.75. The molecule has 7 heteroatoms. The first kappa shape index (κ1) is 16.9. The van der Waals surface area contributed by atoms with Crippen molar-refractivity contribution in [3.05, 3.63) is 29.3 Å². The van der Waals surface area contributed by atoms with Crippen molar-refractivity contribution < 1.29 is 13.2 Å². The van der Waals surface area contributed by atoms with Crippen molar-refractivity contribution in [2.45, 2.75) is 30.2 Å². The second-order valence-corrected chi connectivity index (χ2v) is 7.40. The minimum atomic E-state index is -3.61. The molecule has 1 aromatic rings. The van der Waals surface area contributed by atoms with E-state index in [9.17, 15) is 8.42 Å². The standard InChI is InChI=1S/C15H21N3O3S/c1-12-8-13(9-16)4-5-14(12)22(19,20)18-10-15(11-21-2)6-3-7-17-15/h4-5,8,17-18H,3,6-7,10-11H2,1-2H3. The molecule has 2 N–H and O–H groups in total. The van der Waals surface area contributed by atoms with Gasteiger partial charge in [-0.05, 0) is 50.1 Å². The molecule has 120 valence electrons. The van der Waals surface area contributed by atoms with Crippen molar-refractivity contribution in [1.82, 2.24) is 10.0 Å². The van der Waals surface area contributed by atoms with Gasteiger partial charge in [0.05, 0.1) is 28.7 Å². The first-order valence-electron chi connectivity index (χ1n) is 7.17. The average Bonchev–Trinajstić information content (AvgIpc) is 2.94. The molecular weight excluding hydrogens is 302 g/mol. The van der Waals surface area contributed by atoms with Gasteiger partial charge in [-0.2, -0.15) is 5.26 Å². The van der Waals surface area contributed by atoms with Gasteiger partial charge in [-0.3, -0.25) is 0 Å². The van der Waals surface area contributed by atoms with Crippen LogP contribution in [-0.4, -0.2) is 40.8 Å². The molecule has 1 saturated heterocycles. The first-order chi connectivity index (χ1) is 10.4. The molecule has 6 nitrogen and oxygen atoms in total. The van der Waals surface area contributed by atoms with Crippen LogP contribution >= 0.6 is 0 Å². The van der Waals surface area contributed by atoms with E-state index >= 15 is 0 Å². The Morgan fingerprint density at radius 3 is 2.82 bits per heavy atom. The molecule has 1 atom stereocenters. The molecule has 0 aliphatic carbocycles. The Balaban J connectivity index is 2.16. The maximum Gasteiger partial charge on any atom is 0.240 e. The molecule has 1 aromatic carbocycles. The molecule has 0 saturated carbocycles. The number of hydrogen-bond donors (Lipinski definition) is 2. The number of benzene rings is 1. The van der Waals surface area contributed by atoms with E-state index in [0.717, 1.165) is 19.4 Å². The number of nitrogens with zero attached hydrogens (tertiary/aromatic N) is 1. The van der Waals surface area contributed by atoms with Gasteiger partial charge in [-0.1, -0.05) is 0 Å². The molecule has 1 unspecified atom stereocenters. The number of hydrogen-bond acceptors (Lipinski definition) is 5. The van der Waals surface area contributed by atoms with Crippen molar-refractivity contribution in [3.63, 3.8) is 0 Å². The smallest absolute Gasteiger partial charge is 0.240 e. The SMILES string of the molecule is COCC1(CNS(=O)(=O)c2ccc(C#N)cc2C)CCCN1. The predicted molar refractivity (Wildman–Crippen MR) is 82.9 cm³/mol. The number of nitriles is 1. The quantitative estimate of drug-likeness (QED) is 0.812. The Kier molecular flexibility index (Phi) is 5.19. The normalized spacial score (nSPS) is 21.7. The van der Waals surface area contributed by atoms with Gasteiger partial charge in [0, 0.05) is 13.7 Å². The maximum atomic E-state index is 12.5. The van der Waals surface area contributed by atoms with Gasteiger partial charge >= 0.3 is 0 Å². The van der Waals surface area contributed by atoms with E-state index < -0.39 is 10.0 Å². The van der Waals surface area contributed by atoms with Crippen LogP contribution in [0.5, 0.6) is 0 Å². The zero-order valence-electron chi connectivity index (χ0n) is 12.8. The summed E-state index contributed by atoms with van der Waals surface area (Å²) in [5, 5.41) is 12.2. The highest BCUT2D eigenvalue weighted by Gasteiger charge is 2.35. The van der Waals surface area contributed by atoms with Crippen molar-refractivity contribution in [1.29, 1.82) is 5.26 Å². The summed E-state index contributed by atoms with van der Waals surface area (Å²) in [6.45, 7) is 3.29. The number of methoxy groups -OCH3 is 1. The van der Waals surface area contributed by atoms with E-state index in [1.165, 1.54) is 12.1 Å². The minimum Gasteiger partial charge on any atom is -0.383 e. The fourth-order valence-corrected chi connectivity index (χ4v) is 4.15. The van der Waals surface area contributed by atoms with Crippen molar-refractivity contribution in [2.75, 3.05) is 26.8 Å². The number of ether oxygens (including phenoxy) is 1. The van der Waals surface area contributed by atoms with E-state index in [-0.39, 0.29) is 17.0 Å². The van der Waals surface area contributed by atoms with Crippen LogP contribution in [0.25, 0.3) is 0 Å². The van der Waals surface area contributed by atoms with Crippen LogP contribution in [0.2, 0.25) is 0 Å². The Bertz CT molecular complexity index is 674. The van der Waals surface area contributed by atoms with Crippen molar-refractivity contribution >= 4 is 10.0 Å². The zero-order valence-corrected chi connectivity index (χ0v) is 13.7. The highest BCUT2D eigenvalue weighted by Crippen LogP contribution is 2.21. The van der Waals surface area contributed by atoms with Crippen molar-refractivity contribution in [2.24, 2.45) is 0 Å². The third kappa shape index (κ3) is 3.65. The molecule has 0 radical (unpaired) electrons. The second-order valence-electron chi connectivity index (χ2n) is 5.66. The summed E-state index contributed by atoms with van der Waals surface area (Å²) in [7, 11) is -2.00. The minimum absolute atomic E-state index is 0.206. The fourth-order valence-electron chi connectivity index (χ4n) is 2.80. The van der Waals surface area contributed by atoms with Crippen LogP contribution in [0.3, 0.4) is 0 Å². The monoisotopic (exact) mass is 323 g/mol. The third-order valence-corrected chi connectivity index (χ3v) is 5.51. The Morgan fingerprint density at radius 1 is 1.50 bits per heavy atom. The first-order valence-corrected chi connectivity index (χ1v) is 8.65. The van der Waals surface area contributed by atoms with E-state index in [2.05, 4.69) is 10.0 Å². The summed E-state index contributed by atoms with van der Waals surface area (Å²) in [4.78, 5) is 0.206. The maximum absolute atomic E-state index is 12.5. The summed E-state index contributed by atoms with van der Waals surface area (Å²) < 4.78 is 32.9. The lowest BCUT2D eigenvalue weighted by molar-refractivity contribution is 0.122. The predicted octanol–water partition coefficient (Wildman–Crippen LogP) is 0.914. The molecule has 0 aromatic heterocycles. The molecule has 2 rings (SSSR count). The fraction of sp³-hybridized carbons (Fsp3) is 0.533. The van der Waals surface area contributed by atoms with Crippen molar-refractivity contribution in [3.8, 4) is 6.07 Å². The number of rotatable bonds is 6. The Morgan fingerprint density at radius 2 is 2.27 bits per heavy atom. The average molecular weight is 323 g/mol. The molecule has 22 heavy (non-hydrogen) atoms. The molecule has 0 amide bonds. The highest BCUT2D eigenvalue weighted by atomic mass is 32.2. The summed E-state index contributed by atoms with van der Waals surface area (Å²) >= 11 is 0. The topological polar surface area (TPSA) is 91.2 Å². The molecule has 1 aliphatic rings. The van der Waals surface area contributed by atoms with Crippen LogP contribution in [0.4, 0.5) is 0 Å². The zero-order chi connectivity index (χ0) is 16.2. The van der Waals surface area contributed by atoms with E-state index in [0.29, 0.717) is 17.7 Å². The highest BCUT2D eigenvalue weighted by molar-refractivity contribution is 7.89. The van der Waals surface area contributed by atoms with E-state index in [4.69, 9.17) is 10.00 Å². The molecule has 1 aliphatic heterocycles. The summed E-state index contributed by atoms with van der Waals surface area (Å²) in [5.74, 6) is 0. The van der Waals surface area contributed by atoms with Crippen LogP contribution < -0.4 is 10.0 Å². The van der Waals surface area contributed by atoms with Gasteiger partial charge in [0.2, 0.25) is 10.0 Å². The molecule has 1 heterocycles. The largest absolute Gasteiger partial charge is 0.383 e. The summed E-state index contributed by atoms with van der Waals surface area (Å²) in [6, 6.07) is 6.57. The number of sulfonamides is 1. The lowest BCUT2D eigenvalue weighted by Gasteiger charge is -2.29. The number of nitrogens with one attached hydrogen (secondary N) is 2.